The van der Waals surface area contributed by atoms with Gasteiger partial charge in [-0.25, -0.2) is 10.5 Å². The molecule has 0 atom stereocenters. The Morgan fingerprint density at radius 1 is 0.556 bits per heavy atom. The van der Waals surface area contributed by atoms with E-state index in [1.807, 2.05) is 81.4 Å². The van der Waals surface area contributed by atoms with Gasteiger partial charge in [0.15, 0.2) is 19.2 Å². The summed E-state index contributed by atoms with van der Waals surface area (Å²) in [4.78, 5) is 11.7. The van der Waals surface area contributed by atoms with Crippen molar-refractivity contribution in [3.8, 4) is 17.2 Å². The molecule has 0 heterocycles. The summed E-state index contributed by atoms with van der Waals surface area (Å²) in [6, 6.07) is 37.8. The third-order valence-corrected chi connectivity index (χ3v) is 11.5. The first-order valence-electron chi connectivity index (χ1n) is 21.7. The monoisotopic (exact) mass is 1020 g/mol. The predicted molar refractivity (Wildman–Crippen MR) is 271 cm³/mol. The van der Waals surface area contributed by atoms with Gasteiger partial charge in [-0.2, -0.15) is 25.6 Å². The number of carboxylic acid groups (broad SMARTS) is 1. The van der Waals surface area contributed by atoms with Gasteiger partial charge >= 0.3 is 5.97 Å². The number of aryl methyl sites for hydroxylation is 3. The number of azo groups is 3. The van der Waals surface area contributed by atoms with Crippen LogP contribution >= 0.6 is 24.1 Å². The summed E-state index contributed by atoms with van der Waals surface area (Å²) in [6.07, 6.45) is -0.0668. The number of hydrogen-bond donors (Lipinski definition) is 7. The number of aliphatic carboxylic acids is 1. The molecule has 7 aromatic carbocycles. The maximum atomic E-state index is 11.4. The van der Waals surface area contributed by atoms with Crippen molar-refractivity contribution < 1.29 is 58.5 Å². The number of hydrogen-bond acceptors (Lipinski definition) is 22. The topological polar surface area (TPSA) is 273 Å². The maximum Gasteiger partial charge on any atom is 0.305 e. The van der Waals surface area contributed by atoms with Crippen LogP contribution in [0.25, 0.3) is 10.8 Å². The van der Waals surface area contributed by atoms with E-state index < -0.39 is 5.97 Å². The Bertz CT molecular complexity index is 3020. The lowest BCUT2D eigenvalue weighted by atomic mass is 10.1. The van der Waals surface area contributed by atoms with E-state index in [1.54, 1.807) is 66.7 Å². The van der Waals surface area contributed by atoms with E-state index in [0.29, 0.717) is 73.3 Å². The van der Waals surface area contributed by atoms with Crippen LogP contribution < -0.4 is 25.4 Å². The molecule has 72 heavy (non-hydrogen) atoms. The summed E-state index contributed by atoms with van der Waals surface area (Å²) < 4.78 is 26.1. The first kappa shape index (κ1) is 52.1. The highest BCUT2D eigenvalue weighted by Gasteiger charge is 2.16. The lowest BCUT2D eigenvalue weighted by Gasteiger charge is -2.13. The van der Waals surface area contributed by atoms with Crippen molar-refractivity contribution in [2.75, 3.05) is 42.7 Å². The average Bonchev–Trinajstić information content (AvgIpc) is 3.38. The second-order valence-corrected chi connectivity index (χ2v) is 16.8. The Morgan fingerprint density at radius 2 is 1.10 bits per heavy atom. The van der Waals surface area contributed by atoms with Gasteiger partial charge in [0.25, 0.3) is 0 Å². The number of ether oxygens (including phenoxy) is 3. The van der Waals surface area contributed by atoms with Crippen molar-refractivity contribution in [1.82, 2.24) is 0 Å². The van der Waals surface area contributed by atoms with Crippen molar-refractivity contribution >= 4 is 92.0 Å². The summed E-state index contributed by atoms with van der Waals surface area (Å²) in [5, 5.41) is 82.0. The van der Waals surface area contributed by atoms with Crippen molar-refractivity contribution in [2.24, 2.45) is 30.7 Å². The zero-order chi connectivity index (χ0) is 50.7. The molecule has 0 radical (unpaired) electrons. The minimum atomic E-state index is -0.918. The van der Waals surface area contributed by atoms with Crippen LogP contribution in [0.15, 0.2) is 168 Å². The van der Waals surface area contributed by atoms with Gasteiger partial charge in [0.2, 0.25) is 0 Å². The number of carboxylic acids is 1. The normalized spacial score (nSPS) is 11.5. The minimum Gasteiger partial charge on any atom is -0.505 e. The zero-order valence-corrected chi connectivity index (χ0v) is 40.3. The number of phenolic OH excluding ortho intramolecular Hbond substituents is 1. The van der Waals surface area contributed by atoms with Gasteiger partial charge in [0, 0.05) is 27.3 Å². The van der Waals surface area contributed by atoms with Gasteiger partial charge in [-0.05, 0) is 170 Å². The number of aromatic hydroxyl groups is 1. The van der Waals surface area contributed by atoms with E-state index >= 15 is 0 Å². The molecule has 0 aliphatic rings. The van der Waals surface area contributed by atoms with Crippen molar-refractivity contribution in [3.05, 3.63) is 144 Å². The largest absolute Gasteiger partial charge is 0.505 e. The molecule has 0 saturated heterocycles. The van der Waals surface area contributed by atoms with E-state index in [1.165, 1.54) is 0 Å². The van der Waals surface area contributed by atoms with E-state index in [4.69, 9.17) is 34.2 Å². The second-order valence-electron chi connectivity index (χ2n) is 15.3. The average molecular weight is 1020 g/mol. The molecule has 7 rings (SSSR count). The highest BCUT2D eigenvalue weighted by molar-refractivity contribution is 7.94. The second kappa shape index (κ2) is 26.5. The molecule has 0 aliphatic carbocycles. The molecule has 23 heteroatoms. The van der Waals surface area contributed by atoms with Gasteiger partial charge in [-0.3, -0.25) is 4.79 Å². The predicted octanol–water partition coefficient (Wildman–Crippen LogP) is 14.3. The van der Waals surface area contributed by atoms with Crippen molar-refractivity contribution in [3.63, 3.8) is 0 Å². The van der Waals surface area contributed by atoms with Crippen LogP contribution in [0.5, 0.6) is 17.2 Å². The SMILES string of the molecule is Cc1cc(N=Nc2ccc(N=Nc3c(SOOO)cc4cc(NCOc5ccc(NCOCCC(=O)O)cc5)ccc4c3O)cc2C)c(C)cc1N=Nc1ccc(OCNc2ccc(SOOO)cc2)cc1. The van der Waals surface area contributed by atoms with Crippen LogP contribution in [0.2, 0.25) is 0 Å². The van der Waals surface area contributed by atoms with Gasteiger partial charge < -0.3 is 40.4 Å². The molecule has 0 amide bonds. The molecular weight excluding hydrogens is 971 g/mol. The number of rotatable bonds is 26. The first-order chi connectivity index (χ1) is 35.0. The molecule has 0 fully saturated rings. The molecule has 0 bridgehead atoms. The van der Waals surface area contributed by atoms with Crippen LogP contribution in [0.3, 0.4) is 0 Å². The molecule has 0 unspecified atom stereocenters. The summed E-state index contributed by atoms with van der Waals surface area (Å²) in [5.74, 6) is 0.175. The number of carbonyl (C=O) groups is 1. The van der Waals surface area contributed by atoms with Crippen LogP contribution in [-0.2, 0) is 28.3 Å². The number of nitrogens with one attached hydrogen (secondary N) is 3. The summed E-state index contributed by atoms with van der Waals surface area (Å²) in [7, 11) is 0. The van der Waals surface area contributed by atoms with E-state index in [-0.39, 0.29) is 44.7 Å². The first-order valence-corrected chi connectivity index (χ1v) is 23.2. The van der Waals surface area contributed by atoms with Crippen LogP contribution in [0.1, 0.15) is 23.1 Å². The molecule has 0 aromatic heterocycles. The van der Waals surface area contributed by atoms with Crippen LogP contribution in [-0.4, -0.2) is 53.5 Å². The highest BCUT2D eigenvalue weighted by atomic mass is 32.2. The minimum absolute atomic E-state index is 0.0668. The fourth-order valence-corrected chi connectivity index (χ4v) is 7.40. The molecule has 0 aliphatic heterocycles. The number of fused-ring (bicyclic) bond motifs is 1. The smallest absolute Gasteiger partial charge is 0.305 e. The van der Waals surface area contributed by atoms with Crippen LogP contribution in [0.4, 0.5) is 51.2 Å². The van der Waals surface area contributed by atoms with Crippen LogP contribution in [0, 0.1) is 20.8 Å². The van der Waals surface area contributed by atoms with Crippen molar-refractivity contribution in [2.45, 2.75) is 37.0 Å². The van der Waals surface area contributed by atoms with Gasteiger partial charge in [0.1, 0.15) is 23.9 Å². The molecule has 7 N–H and O–H groups in total. The number of nitrogens with zero attached hydrogens (tertiary/aromatic N) is 6. The molecule has 0 saturated carbocycles. The fraction of sp³-hybridized carbons (Fsp3) is 0.163. The fourth-order valence-electron chi connectivity index (χ4n) is 6.55. The Balaban J connectivity index is 0.928. The Labute approximate surface area is 420 Å². The molecule has 21 nitrogen and oxygen atoms in total. The van der Waals surface area contributed by atoms with Gasteiger partial charge in [-0.15, -0.1) is 13.8 Å². The molecule has 0 spiro atoms. The number of benzene rings is 7. The van der Waals surface area contributed by atoms with E-state index in [2.05, 4.69) is 61.0 Å². The Morgan fingerprint density at radius 3 is 1.75 bits per heavy atom. The van der Waals surface area contributed by atoms with Gasteiger partial charge in [-0.1, -0.05) is 10.1 Å². The molecule has 7 aromatic rings. The molecular formula is C49H47N9O12S2. The lowest BCUT2D eigenvalue weighted by molar-refractivity contribution is -0.432. The Kier molecular flexibility index (Phi) is 19.2. The Hall–Kier alpha value is -7.71. The zero-order valence-electron chi connectivity index (χ0n) is 38.7. The summed E-state index contributed by atoms with van der Waals surface area (Å²) >= 11 is 1.52. The van der Waals surface area contributed by atoms with Gasteiger partial charge in [0.05, 0.1) is 70.4 Å². The summed E-state index contributed by atoms with van der Waals surface area (Å²) in [6.45, 7) is 6.38. The highest BCUT2D eigenvalue weighted by Crippen LogP contribution is 2.45. The van der Waals surface area contributed by atoms with E-state index in [0.717, 1.165) is 45.0 Å². The quantitative estimate of drug-likeness (QED) is 0.00663. The summed E-state index contributed by atoms with van der Waals surface area (Å²) in [5.41, 5.74) is 8.00. The molecule has 372 valence electrons. The van der Waals surface area contributed by atoms with Crippen molar-refractivity contribution in [1.29, 1.82) is 0 Å². The number of phenols is 1. The number of anilines is 3. The third-order valence-electron chi connectivity index (χ3n) is 10.3. The third kappa shape index (κ3) is 15.4. The standard InChI is InChI=1S/C49H47N9O12S2/c1-30-22-38(54-58-48-46(72-70-68-63)26-33-25-37(10-18-42(33)49(48)61)52-29-66-39-12-4-34(5-13-39)50-27-64-21-20-47(59)60)11-19-43(30)55-57-45-24-31(2)44(23-32(45)3)56-53-36-6-14-40(15-7-36)65-28-51-35-8-16-41(17-9-35)71-69-67-62/h4-19,22-26,50-52,61-63H,20-21,27-29H2,1-3H3,(H,59,60). The maximum absolute atomic E-state index is 11.4. The lowest BCUT2D eigenvalue weighted by Crippen LogP contribution is -2.10. The van der Waals surface area contributed by atoms with E-state index in [9.17, 15) is 9.90 Å².